The highest BCUT2D eigenvalue weighted by atomic mass is 127. The van der Waals surface area contributed by atoms with Gasteiger partial charge in [0.15, 0.2) is 5.78 Å². The third-order valence-corrected chi connectivity index (χ3v) is 5.58. The number of hydrogen-bond donors (Lipinski definition) is 0. The highest BCUT2D eigenvalue weighted by Gasteiger charge is 2.28. The van der Waals surface area contributed by atoms with E-state index in [4.69, 9.17) is 0 Å². The topological polar surface area (TPSA) is 17.1 Å². The molecule has 0 amide bonds. The van der Waals surface area contributed by atoms with Gasteiger partial charge in [-0.1, -0.05) is 42.5 Å². The van der Waals surface area contributed by atoms with E-state index in [1.54, 1.807) is 0 Å². The molecule has 0 fully saturated rings. The molecule has 0 saturated carbocycles. The zero-order valence-electron chi connectivity index (χ0n) is 11.5. The van der Waals surface area contributed by atoms with Crippen molar-refractivity contribution in [2.24, 2.45) is 0 Å². The third-order valence-electron chi connectivity index (χ3n) is 4.14. The second-order valence-electron chi connectivity index (χ2n) is 5.44. The molecule has 20 heavy (non-hydrogen) atoms. The van der Waals surface area contributed by atoms with Gasteiger partial charge in [-0.25, -0.2) is 0 Å². The molecule has 3 rings (SSSR count). The molecule has 1 atom stereocenters. The molecule has 0 bridgehead atoms. The van der Waals surface area contributed by atoms with E-state index in [9.17, 15) is 4.79 Å². The summed E-state index contributed by atoms with van der Waals surface area (Å²) < 4.78 is 1.10. The van der Waals surface area contributed by atoms with Crippen molar-refractivity contribution < 1.29 is 4.79 Å². The van der Waals surface area contributed by atoms with Gasteiger partial charge in [-0.15, -0.1) is 0 Å². The number of Topliss-reactive ketones (excluding diaryl/α,β-unsaturated/α-hetero) is 1. The monoisotopic (exact) mass is 376 g/mol. The lowest BCUT2D eigenvalue weighted by molar-refractivity contribution is 0.0950. The van der Waals surface area contributed by atoms with Crippen LogP contribution in [0.25, 0.3) is 0 Å². The van der Waals surface area contributed by atoms with E-state index in [-0.39, 0.29) is 11.7 Å². The smallest absolute Gasteiger partial charge is 0.171 e. The summed E-state index contributed by atoms with van der Waals surface area (Å²) in [4.78, 5) is 12.9. The maximum Gasteiger partial charge on any atom is 0.171 e. The maximum absolute atomic E-state index is 12.9. The number of hydrogen-bond acceptors (Lipinski definition) is 1. The number of benzene rings is 2. The van der Waals surface area contributed by atoms with Crippen molar-refractivity contribution in [2.75, 3.05) is 0 Å². The van der Waals surface area contributed by atoms with Crippen LogP contribution >= 0.6 is 22.6 Å². The van der Waals surface area contributed by atoms with E-state index in [1.165, 1.54) is 16.7 Å². The van der Waals surface area contributed by atoms with Crippen LogP contribution in [0, 0.1) is 10.5 Å². The zero-order valence-corrected chi connectivity index (χ0v) is 13.7. The van der Waals surface area contributed by atoms with Crippen LogP contribution in [0.1, 0.15) is 45.8 Å². The third kappa shape index (κ3) is 2.41. The van der Waals surface area contributed by atoms with Gasteiger partial charge >= 0.3 is 0 Å². The van der Waals surface area contributed by atoms with Gasteiger partial charge < -0.3 is 0 Å². The lowest BCUT2D eigenvalue weighted by atomic mass is 9.79. The molecule has 2 aromatic carbocycles. The second-order valence-corrected chi connectivity index (χ2v) is 6.52. The molecule has 0 saturated heterocycles. The number of aryl methyl sites for hydroxylation is 2. The summed E-state index contributed by atoms with van der Waals surface area (Å²) in [7, 11) is 0. The van der Waals surface area contributed by atoms with E-state index in [1.807, 2.05) is 18.2 Å². The Labute approximate surface area is 133 Å². The van der Waals surface area contributed by atoms with Gasteiger partial charge in [-0.2, -0.15) is 0 Å². The van der Waals surface area contributed by atoms with E-state index in [0.29, 0.717) is 0 Å². The van der Waals surface area contributed by atoms with Crippen molar-refractivity contribution >= 4 is 28.4 Å². The number of ketones is 1. The summed E-state index contributed by atoms with van der Waals surface area (Å²) in [6.45, 7) is 2.06. The van der Waals surface area contributed by atoms with Gasteiger partial charge in [-0.3, -0.25) is 4.79 Å². The Hall–Kier alpha value is -1.16. The average molecular weight is 376 g/mol. The van der Waals surface area contributed by atoms with Gasteiger partial charge in [0.05, 0.1) is 0 Å². The molecule has 1 unspecified atom stereocenters. The predicted molar refractivity (Wildman–Crippen MR) is 90.3 cm³/mol. The van der Waals surface area contributed by atoms with E-state index >= 15 is 0 Å². The molecule has 0 spiro atoms. The fraction of sp³-hybridized carbons (Fsp3) is 0.278. The highest BCUT2D eigenvalue weighted by molar-refractivity contribution is 14.1. The normalized spacial score (nSPS) is 17.6. The first-order valence-corrected chi connectivity index (χ1v) is 8.13. The van der Waals surface area contributed by atoms with E-state index in [2.05, 4.69) is 53.8 Å². The van der Waals surface area contributed by atoms with Gasteiger partial charge in [0, 0.05) is 15.1 Å². The second kappa shape index (κ2) is 5.68. The summed E-state index contributed by atoms with van der Waals surface area (Å²) in [5, 5.41) is 0. The van der Waals surface area contributed by atoms with Crippen molar-refractivity contribution in [1.29, 1.82) is 0 Å². The van der Waals surface area contributed by atoms with Crippen LogP contribution in [0.5, 0.6) is 0 Å². The zero-order chi connectivity index (χ0) is 14.1. The van der Waals surface area contributed by atoms with Crippen LogP contribution in [0.3, 0.4) is 0 Å². The maximum atomic E-state index is 12.9. The lowest BCUT2D eigenvalue weighted by Crippen LogP contribution is -2.19. The van der Waals surface area contributed by atoms with Crippen LogP contribution < -0.4 is 0 Å². The fourth-order valence-corrected chi connectivity index (χ4v) is 3.68. The molecule has 0 aromatic heterocycles. The number of fused-ring (bicyclic) bond motifs is 1. The van der Waals surface area contributed by atoms with Crippen molar-refractivity contribution in [2.45, 2.75) is 32.1 Å². The Morgan fingerprint density at radius 3 is 2.80 bits per heavy atom. The molecule has 0 radical (unpaired) electrons. The van der Waals surface area contributed by atoms with E-state index < -0.39 is 0 Å². The molecule has 2 heteroatoms. The molecule has 1 aliphatic carbocycles. The molecule has 1 aliphatic rings. The van der Waals surface area contributed by atoms with Gasteiger partial charge in [0.2, 0.25) is 0 Å². The van der Waals surface area contributed by atoms with Crippen molar-refractivity contribution in [3.63, 3.8) is 0 Å². The number of carbonyl (C=O) groups excluding carboxylic acids is 1. The van der Waals surface area contributed by atoms with Gasteiger partial charge in [0.1, 0.15) is 0 Å². The number of carbonyl (C=O) groups is 1. The summed E-state index contributed by atoms with van der Waals surface area (Å²) in [6.07, 6.45) is 3.18. The molecular weight excluding hydrogens is 359 g/mol. The van der Waals surface area contributed by atoms with Gasteiger partial charge in [-0.05, 0) is 65.5 Å². The van der Waals surface area contributed by atoms with Crippen LogP contribution in [-0.2, 0) is 6.42 Å². The summed E-state index contributed by atoms with van der Waals surface area (Å²) in [5.41, 5.74) is 4.65. The fourth-order valence-electron chi connectivity index (χ4n) is 3.05. The Kier molecular flexibility index (Phi) is 3.92. The molecule has 102 valence electrons. The Morgan fingerprint density at radius 2 is 1.95 bits per heavy atom. The molecule has 0 heterocycles. The molecule has 0 N–H and O–H groups in total. The molecule has 0 aliphatic heterocycles. The standard InChI is InChI=1S/C18H17IO/c1-12-6-4-11-16(17(12)19)18(20)15-10-5-8-13-7-2-3-9-14(13)15/h2-4,6-7,9,11,15H,5,8,10H2,1H3. The summed E-state index contributed by atoms with van der Waals surface area (Å²) in [6, 6.07) is 14.4. The summed E-state index contributed by atoms with van der Waals surface area (Å²) >= 11 is 2.30. The highest BCUT2D eigenvalue weighted by Crippen LogP contribution is 2.35. The predicted octanol–water partition coefficient (Wildman–Crippen LogP) is 4.90. The van der Waals surface area contributed by atoms with E-state index in [0.717, 1.165) is 28.4 Å². The minimum atomic E-state index is 0.0373. The van der Waals surface area contributed by atoms with Gasteiger partial charge in [0.25, 0.3) is 0 Å². The minimum absolute atomic E-state index is 0.0373. The first kappa shape index (κ1) is 13.8. The quantitative estimate of drug-likeness (QED) is 0.538. The molecule has 1 nitrogen and oxygen atoms in total. The first-order valence-electron chi connectivity index (χ1n) is 7.05. The van der Waals surface area contributed by atoms with Crippen molar-refractivity contribution in [3.8, 4) is 0 Å². The SMILES string of the molecule is Cc1cccc(C(=O)C2CCCc3ccccc32)c1I. The summed E-state index contributed by atoms with van der Waals surface area (Å²) in [5.74, 6) is 0.320. The van der Waals surface area contributed by atoms with Crippen molar-refractivity contribution in [3.05, 3.63) is 68.3 Å². The van der Waals surface area contributed by atoms with Crippen molar-refractivity contribution in [1.82, 2.24) is 0 Å². The Bertz CT molecular complexity index is 660. The average Bonchev–Trinajstić information content (AvgIpc) is 2.49. The minimum Gasteiger partial charge on any atom is -0.293 e. The Morgan fingerprint density at radius 1 is 1.15 bits per heavy atom. The molecular formula is C18H17IO. The molecule has 2 aromatic rings. The van der Waals surface area contributed by atoms with Crippen LogP contribution in [0.4, 0.5) is 0 Å². The largest absolute Gasteiger partial charge is 0.293 e. The first-order chi connectivity index (χ1) is 9.68. The number of rotatable bonds is 2. The number of halogens is 1. The Balaban J connectivity index is 2.02. The van der Waals surface area contributed by atoms with Crippen LogP contribution in [0.2, 0.25) is 0 Å². The lowest BCUT2D eigenvalue weighted by Gasteiger charge is -2.25. The van der Waals surface area contributed by atoms with Crippen LogP contribution in [-0.4, -0.2) is 5.78 Å². The van der Waals surface area contributed by atoms with Crippen LogP contribution in [0.15, 0.2) is 42.5 Å².